The number of fused-ring (bicyclic) bond motifs is 6. The fourth-order valence-corrected chi connectivity index (χ4v) is 9.57. The maximum Gasteiger partial charge on any atom is 0.129 e. The Labute approximate surface area is 327 Å². The van der Waals surface area contributed by atoms with E-state index in [9.17, 15) is 0 Å². The lowest BCUT2D eigenvalue weighted by atomic mass is 9.84. The van der Waals surface area contributed by atoms with Crippen LogP contribution >= 0.6 is 0 Å². The van der Waals surface area contributed by atoms with Gasteiger partial charge < -0.3 is 14.5 Å². The minimum absolute atomic E-state index is 0.178. The third-order valence-corrected chi connectivity index (χ3v) is 12.1. The Morgan fingerprint density at radius 1 is 0.589 bits per heavy atom. The van der Waals surface area contributed by atoms with Crippen LogP contribution < -0.4 is 10.6 Å². The number of aromatic nitrogens is 2. The zero-order valence-electron chi connectivity index (χ0n) is 31.3. The number of benzene rings is 5. The van der Waals surface area contributed by atoms with E-state index >= 15 is 0 Å². The third kappa shape index (κ3) is 5.45. The number of hydrogen-bond donors (Lipinski definition) is 2. The largest absolute Gasteiger partial charge is 0.351 e. The SMILES string of the molecule is C1=CCCC(C2=NC(c3ccccc3)NC(c3ccc4c(c3C3=Cc5c6c(n(-c7ccccc7)c5CC3)CCC=C6)c3ccccc3n4-c3ccccc3)N2)=C1. The molecule has 5 heteroatoms. The summed E-state index contributed by atoms with van der Waals surface area (Å²) in [4.78, 5) is 5.32. The van der Waals surface area contributed by atoms with Gasteiger partial charge in [0.2, 0.25) is 0 Å². The molecule has 0 bridgehead atoms. The smallest absolute Gasteiger partial charge is 0.129 e. The first-order chi connectivity index (χ1) is 27.8. The minimum atomic E-state index is -0.192. The third-order valence-electron chi connectivity index (χ3n) is 12.1. The van der Waals surface area contributed by atoms with Gasteiger partial charge in [0.25, 0.3) is 0 Å². The molecule has 0 saturated carbocycles. The molecule has 2 N–H and O–H groups in total. The average Bonchev–Trinajstić information content (AvgIpc) is 3.80. The van der Waals surface area contributed by atoms with Gasteiger partial charge in [-0.3, -0.25) is 5.32 Å². The van der Waals surface area contributed by atoms with Crippen LogP contribution in [0.4, 0.5) is 0 Å². The van der Waals surface area contributed by atoms with Gasteiger partial charge in [-0.2, -0.15) is 0 Å². The summed E-state index contributed by atoms with van der Waals surface area (Å²) >= 11 is 0. The number of nitrogens with one attached hydrogen (secondary N) is 2. The van der Waals surface area contributed by atoms with E-state index in [0.717, 1.165) is 49.9 Å². The first-order valence-corrected chi connectivity index (χ1v) is 20.1. The van der Waals surface area contributed by atoms with Crippen LogP contribution in [-0.2, 0) is 12.8 Å². The van der Waals surface area contributed by atoms with Crippen molar-refractivity contribution in [3.8, 4) is 11.4 Å². The van der Waals surface area contributed by atoms with Gasteiger partial charge in [-0.05, 0) is 109 Å². The molecule has 11 rings (SSSR count). The average molecular weight is 726 g/mol. The molecule has 0 fully saturated rings. The Morgan fingerprint density at radius 3 is 2.09 bits per heavy atom. The van der Waals surface area contributed by atoms with Crippen LogP contribution in [0.3, 0.4) is 0 Å². The number of aliphatic imine (C=N–C) groups is 1. The van der Waals surface area contributed by atoms with Crippen molar-refractivity contribution in [2.75, 3.05) is 0 Å². The molecule has 272 valence electrons. The zero-order valence-corrected chi connectivity index (χ0v) is 31.3. The quantitative estimate of drug-likeness (QED) is 0.179. The van der Waals surface area contributed by atoms with Crippen molar-refractivity contribution in [1.82, 2.24) is 19.8 Å². The van der Waals surface area contributed by atoms with Gasteiger partial charge >= 0.3 is 0 Å². The van der Waals surface area contributed by atoms with Crippen molar-refractivity contribution >= 4 is 45.4 Å². The summed E-state index contributed by atoms with van der Waals surface area (Å²) in [6.07, 6.45) is 19.6. The molecular weight excluding hydrogens is 683 g/mol. The van der Waals surface area contributed by atoms with E-state index in [-0.39, 0.29) is 12.3 Å². The lowest BCUT2D eigenvalue weighted by Crippen LogP contribution is -2.45. The predicted octanol–water partition coefficient (Wildman–Crippen LogP) is 11.6. The summed E-state index contributed by atoms with van der Waals surface area (Å²) < 4.78 is 5.01. The van der Waals surface area contributed by atoms with E-state index in [0.29, 0.717) is 0 Å². The lowest BCUT2D eigenvalue weighted by Gasteiger charge is -2.34. The highest BCUT2D eigenvalue weighted by Gasteiger charge is 2.32. The standard InChI is InChI=1S/C51H43N5/c1-5-17-34(18-6-1)49-52-50(35-19-7-2-8-20-35)54-51(53-49)41-30-32-46-48(40-26-14-16-28-44(40)56(46)38-23-11-4-12-24-38)47(41)36-29-31-45-42(33-36)39-25-13-15-27-43(39)55(45)37-21-9-3-10-22-37/h1-7,9-14,16-19,21-26,28,30,32-33,49,51,53H,8,15,20,27,29,31H2,(H,52,54). The van der Waals surface area contributed by atoms with Gasteiger partial charge in [0.1, 0.15) is 18.2 Å². The van der Waals surface area contributed by atoms with E-state index < -0.39 is 0 Å². The summed E-state index contributed by atoms with van der Waals surface area (Å²) in [5.74, 6) is 0.976. The van der Waals surface area contributed by atoms with Crippen LogP contribution in [0.5, 0.6) is 0 Å². The molecule has 5 aromatic carbocycles. The van der Waals surface area contributed by atoms with Crippen molar-refractivity contribution in [2.45, 2.75) is 50.9 Å². The molecule has 56 heavy (non-hydrogen) atoms. The Morgan fingerprint density at radius 2 is 1.30 bits per heavy atom. The summed E-state index contributed by atoms with van der Waals surface area (Å²) in [6, 6.07) is 46.1. The molecule has 0 radical (unpaired) electrons. The van der Waals surface area contributed by atoms with E-state index in [4.69, 9.17) is 4.99 Å². The van der Waals surface area contributed by atoms with Crippen LogP contribution in [0.15, 0.2) is 162 Å². The van der Waals surface area contributed by atoms with Crippen LogP contribution in [0, 0.1) is 0 Å². The highest BCUT2D eigenvalue weighted by molar-refractivity contribution is 6.16. The fraction of sp³-hybridized carbons (Fsp3) is 0.157. The van der Waals surface area contributed by atoms with Crippen LogP contribution in [0.25, 0.3) is 50.9 Å². The number of hydrogen-bond acceptors (Lipinski definition) is 3. The summed E-state index contributed by atoms with van der Waals surface area (Å²) in [6.45, 7) is 0. The number of amidine groups is 1. The Balaban J connectivity index is 1.17. The molecule has 4 aliphatic rings. The van der Waals surface area contributed by atoms with Gasteiger partial charge in [0, 0.05) is 44.7 Å². The Hall–Kier alpha value is -6.43. The summed E-state index contributed by atoms with van der Waals surface area (Å²) in [5.41, 5.74) is 16.8. The van der Waals surface area contributed by atoms with E-state index in [1.165, 1.54) is 78.0 Å². The van der Waals surface area contributed by atoms with Crippen LogP contribution in [-0.4, -0.2) is 15.0 Å². The molecule has 2 unspecified atom stereocenters. The molecular formula is C51H43N5. The van der Waals surface area contributed by atoms with E-state index in [2.05, 4.69) is 184 Å². The fourth-order valence-electron chi connectivity index (χ4n) is 9.57. The van der Waals surface area contributed by atoms with Gasteiger partial charge in [0.15, 0.2) is 0 Å². The summed E-state index contributed by atoms with van der Waals surface area (Å²) in [7, 11) is 0. The molecule has 0 spiro atoms. The Kier molecular flexibility index (Phi) is 8.06. The molecule has 0 saturated heterocycles. The van der Waals surface area contributed by atoms with Gasteiger partial charge in [-0.15, -0.1) is 0 Å². The second kappa shape index (κ2) is 13.7. The van der Waals surface area contributed by atoms with Crippen LogP contribution in [0.2, 0.25) is 0 Å². The maximum absolute atomic E-state index is 5.32. The molecule has 2 aromatic heterocycles. The predicted molar refractivity (Wildman–Crippen MR) is 232 cm³/mol. The highest BCUT2D eigenvalue weighted by atomic mass is 15.3. The number of para-hydroxylation sites is 3. The first kappa shape index (κ1) is 33.0. The molecule has 7 aromatic rings. The molecule has 1 aliphatic heterocycles. The van der Waals surface area contributed by atoms with Crippen molar-refractivity contribution in [1.29, 1.82) is 0 Å². The Bertz CT molecular complexity index is 2790. The summed E-state index contributed by atoms with van der Waals surface area (Å²) in [5, 5.41) is 10.5. The second-order valence-corrected chi connectivity index (χ2v) is 15.3. The van der Waals surface area contributed by atoms with Gasteiger partial charge in [-0.25, -0.2) is 4.99 Å². The van der Waals surface area contributed by atoms with Crippen molar-refractivity contribution < 1.29 is 0 Å². The molecule has 3 aliphatic carbocycles. The van der Waals surface area contributed by atoms with Gasteiger partial charge in [-0.1, -0.05) is 121 Å². The normalized spacial score (nSPS) is 18.9. The monoisotopic (exact) mass is 725 g/mol. The molecule has 5 nitrogen and oxygen atoms in total. The molecule has 2 atom stereocenters. The maximum atomic E-state index is 5.32. The molecule has 3 heterocycles. The highest BCUT2D eigenvalue weighted by Crippen LogP contribution is 2.46. The topological polar surface area (TPSA) is 46.3 Å². The van der Waals surface area contributed by atoms with Gasteiger partial charge in [0.05, 0.1) is 11.0 Å². The van der Waals surface area contributed by atoms with Crippen molar-refractivity contribution in [3.05, 3.63) is 196 Å². The number of rotatable bonds is 6. The van der Waals surface area contributed by atoms with E-state index in [1.54, 1.807) is 0 Å². The van der Waals surface area contributed by atoms with E-state index in [1.807, 2.05) is 0 Å². The number of allylic oxidation sites excluding steroid dienone is 5. The lowest BCUT2D eigenvalue weighted by molar-refractivity contribution is 0.407. The second-order valence-electron chi connectivity index (χ2n) is 15.3. The van der Waals surface area contributed by atoms with Crippen molar-refractivity contribution in [2.24, 2.45) is 4.99 Å². The van der Waals surface area contributed by atoms with Crippen molar-refractivity contribution in [3.63, 3.8) is 0 Å². The zero-order chi connectivity index (χ0) is 37.0. The molecule has 0 amide bonds. The van der Waals surface area contributed by atoms with Crippen LogP contribution in [0.1, 0.15) is 77.2 Å². The minimum Gasteiger partial charge on any atom is -0.351 e. The number of nitrogens with zero attached hydrogens (tertiary/aromatic N) is 3. The first-order valence-electron chi connectivity index (χ1n) is 20.1.